The van der Waals surface area contributed by atoms with Gasteiger partial charge < -0.3 is 5.73 Å². The van der Waals surface area contributed by atoms with Crippen molar-refractivity contribution >= 4 is 11.4 Å². The molecule has 1 aromatic heterocycles. The molecule has 0 amide bonds. The SMILES string of the molecule is Nc1ccc(CC(Cc2ccc([N+](=O)[O-])cc2)c2ccccn2)cc1. The fourth-order valence-corrected chi connectivity index (χ4v) is 2.88. The van der Waals surface area contributed by atoms with E-state index in [4.69, 9.17) is 5.73 Å². The minimum absolute atomic E-state index is 0.108. The van der Waals surface area contributed by atoms with Crippen LogP contribution in [0.2, 0.25) is 0 Å². The number of nitrogens with zero attached hydrogens (tertiary/aromatic N) is 2. The predicted octanol–water partition coefficient (Wildman–Crippen LogP) is 4.14. The molecule has 0 aliphatic carbocycles. The monoisotopic (exact) mass is 333 g/mol. The summed E-state index contributed by atoms with van der Waals surface area (Å²) in [5.74, 6) is 0.186. The lowest BCUT2D eigenvalue weighted by molar-refractivity contribution is -0.384. The van der Waals surface area contributed by atoms with Crippen LogP contribution in [0.3, 0.4) is 0 Å². The molecule has 3 aromatic rings. The van der Waals surface area contributed by atoms with E-state index in [0.717, 1.165) is 29.8 Å². The van der Waals surface area contributed by atoms with E-state index in [1.165, 1.54) is 5.56 Å². The Morgan fingerprint density at radius 3 is 2.04 bits per heavy atom. The Balaban J connectivity index is 1.83. The third kappa shape index (κ3) is 4.41. The predicted molar refractivity (Wildman–Crippen MR) is 98.3 cm³/mol. The number of nitrogens with two attached hydrogens (primary N) is 1. The van der Waals surface area contributed by atoms with Crippen LogP contribution in [0.1, 0.15) is 22.7 Å². The Morgan fingerprint density at radius 2 is 1.52 bits per heavy atom. The number of hydrogen-bond acceptors (Lipinski definition) is 4. The van der Waals surface area contributed by atoms with Gasteiger partial charge in [-0.25, -0.2) is 0 Å². The van der Waals surface area contributed by atoms with Crippen LogP contribution in [0, 0.1) is 10.1 Å². The first-order valence-corrected chi connectivity index (χ1v) is 8.10. The highest BCUT2D eigenvalue weighted by molar-refractivity contribution is 5.40. The van der Waals surface area contributed by atoms with Crippen LogP contribution in [0.5, 0.6) is 0 Å². The second-order valence-corrected chi connectivity index (χ2v) is 6.02. The van der Waals surface area contributed by atoms with Crippen molar-refractivity contribution in [3.63, 3.8) is 0 Å². The van der Waals surface area contributed by atoms with Crippen molar-refractivity contribution < 1.29 is 4.92 Å². The number of nitro benzene ring substituents is 1. The minimum atomic E-state index is -0.381. The topological polar surface area (TPSA) is 82.0 Å². The van der Waals surface area contributed by atoms with Gasteiger partial charge in [0, 0.05) is 35.6 Å². The van der Waals surface area contributed by atoms with Gasteiger partial charge in [0.15, 0.2) is 0 Å². The summed E-state index contributed by atoms with van der Waals surface area (Å²) in [5.41, 5.74) is 9.87. The van der Waals surface area contributed by atoms with Crippen LogP contribution in [0.4, 0.5) is 11.4 Å². The maximum Gasteiger partial charge on any atom is 0.269 e. The van der Waals surface area contributed by atoms with E-state index >= 15 is 0 Å². The largest absolute Gasteiger partial charge is 0.399 e. The van der Waals surface area contributed by atoms with Gasteiger partial charge >= 0.3 is 0 Å². The zero-order valence-corrected chi connectivity index (χ0v) is 13.7. The molecule has 0 aliphatic heterocycles. The molecule has 0 saturated carbocycles. The van der Waals surface area contributed by atoms with Crippen LogP contribution in [0.15, 0.2) is 72.9 Å². The standard InChI is InChI=1S/C20H19N3O2/c21-18-8-4-15(5-9-18)13-17(20-3-1-2-12-22-20)14-16-6-10-19(11-7-16)23(24)25/h1-12,17H,13-14,21H2. The maximum absolute atomic E-state index is 10.8. The molecule has 0 aliphatic rings. The fraction of sp³-hybridized carbons (Fsp3) is 0.150. The Labute approximate surface area is 146 Å². The zero-order valence-electron chi connectivity index (χ0n) is 13.7. The number of hydrogen-bond donors (Lipinski definition) is 1. The van der Waals surface area contributed by atoms with Crippen molar-refractivity contribution in [2.24, 2.45) is 0 Å². The molecule has 0 spiro atoms. The normalized spacial score (nSPS) is 11.8. The first-order chi connectivity index (χ1) is 12.1. The summed E-state index contributed by atoms with van der Waals surface area (Å²) in [7, 11) is 0. The number of aromatic nitrogens is 1. The average Bonchev–Trinajstić information content (AvgIpc) is 2.64. The van der Waals surface area contributed by atoms with Crippen molar-refractivity contribution in [3.05, 3.63) is 99.9 Å². The molecule has 3 rings (SSSR count). The van der Waals surface area contributed by atoms with E-state index in [1.54, 1.807) is 18.3 Å². The quantitative estimate of drug-likeness (QED) is 0.417. The highest BCUT2D eigenvalue weighted by Crippen LogP contribution is 2.25. The summed E-state index contributed by atoms with van der Waals surface area (Å²) < 4.78 is 0. The lowest BCUT2D eigenvalue weighted by atomic mass is 9.89. The van der Waals surface area contributed by atoms with Gasteiger partial charge in [0.05, 0.1) is 4.92 Å². The summed E-state index contributed by atoms with van der Waals surface area (Å²) in [5, 5.41) is 10.8. The molecular weight excluding hydrogens is 314 g/mol. The van der Waals surface area contributed by atoms with E-state index in [0.29, 0.717) is 0 Å². The smallest absolute Gasteiger partial charge is 0.269 e. The van der Waals surface area contributed by atoms with Crippen molar-refractivity contribution in [1.29, 1.82) is 0 Å². The molecule has 1 atom stereocenters. The minimum Gasteiger partial charge on any atom is -0.399 e. The Bertz CT molecular complexity index is 831. The zero-order chi connectivity index (χ0) is 17.6. The van der Waals surface area contributed by atoms with Crippen LogP contribution >= 0.6 is 0 Å². The van der Waals surface area contributed by atoms with E-state index in [9.17, 15) is 10.1 Å². The summed E-state index contributed by atoms with van der Waals surface area (Å²) >= 11 is 0. The van der Waals surface area contributed by atoms with E-state index in [-0.39, 0.29) is 16.5 Å². The van der Waals surface area contributed by atoms with E-state index in [1.807, 2.05) is 54.6 Å². The molecule has 5 heteroatoms. The first kappa shape index (κ1) is 16.6. The van der Waals surface area contributed by atoms with Crippen LogP contribution in [-0.4, -0.2) is 9.91 Å². The van der Waals surface area contributed by atoms with Crippen molar-refractivity contribution in [2.45, 2.75) is 18.8 Å². The second kappa shape index (κ2) is 7.57. The average molecular weight is 333 g/mol. The molecule has 0 fully saturated rings. The third-order valence-electron chi connectivity index (χ3n) is 4.20. The number of pyridine rings is 1. The highest BCUT2D eigenvalue weighted by Gasteiger charge is 2.15. The number of rotatable bonds is 6. The molecular formula is C20H19N3O2. The summed E-state index contributed by atoms with van der Waals surface area (Å²) in [6.07, 6.45) is 3.38. The third-order valence-corrected chi connectivity index (χ3v) is 4.20. The number of nitrogen functional groups attached to an aromatic ring is 1. The van der Waals surface area contributed by atoms with E-state index in [2.05, 4.69) is 4.98 Å². The molecule has 0 radical (unpaired) electrons. The summed E-state index contributed by atoms with van der Waals surface area (Å²) in [6.45, 7) is 0. The summed E-state index contributed by atoms with van der Waals surface area (Å²) in [6, 6.07) is 20.5. The molecule has 2 aromatic carbocycles. The van der Waals surface area contributed by atoms with Crippen molar-refractivity contribution in [2.75, 3.05) is 5.73 Å². The van der Waals surface area contributed by atoms with Crippen LogP contribution in [-0.2, 0) is 12.8 Å². The number of benzene rings is 2. The molecule has 1 unspecified atom stereocenters. The molecule has 126 valence electrons. The molecule has 5 nitrogen and oxygen atoms in total. The Hall–Kier alpha value is -3.21. The molecule has 0 saturated heterocycles. The van der Waals surface area contributed by atoms with Gasteiger partial charge in [0.2, 0.25) is 0 Å². The molecule has 2 N–H and O–H groups in total. The van der Waals surface area contributed by atoms with Gasteiger partial charge in [-0.1, -0.05) is 30.3 Å². The Kier molecular flexibility index (Phi) is 5.04. The van der Waals surface area contributed by atoms with Gasteiger partial charge in [-0.3, -0.25) is 15.1 Å². The van der Waals surface area contributed by atoms with Gasteiger partial charge in [0.25, 0.3) is 5.69 Å². The highest BCUT2D eigenvalue weighted by atomic mass is 16.6. The first-order valence-electron chi connectivity index (χ1n) is 8.10. The van der Waals surface area contributed by atoms with Crippen molar-refractivity contribution in [3.8, 4) is 0 Å². The Morgan fingerprint density at radius 1 is 0.920 bits per heavy atom. The summed E-state index contributed by atoms with van der Waals surface area (Å²) in [4.78, 5) is 14.9. The van der Waals surface area contributed by atoms with Crippen molar-refractivity contribution in [1.82, 2.24) is 4.98 Å². The van der Waals surface area contributed by atoms with Gasteiger partial charge in [-0.05, 0) is 48.2 Å². The van der Waals surface area contributed by atoms with E-state index < -0.39 is 0 Å². The van der Waals surface area contributed by atoms with Gasteiger partial charge in [-0.15, -0.1) is 0 Å². The molecule has 25 heavy (non-hydrogen) atoms. The van der Waals surface area contributed by atoms with Crippen LogP contribution in [0.25, 0.3) is 0 Å². The second-order valence-electron chi connectivity index (χ2n) is 6.02. The number of nitro groups is 1. The lowest BCUT2D eigenvalue weighted by Gasteiger charge is -2.17. The number of non-ortho nitro benzene ring substituents is 1. The van der Waals surface area contributed by atoms with Crippen LogP contribution < -0.4 is 5.73 Å². The lowest BCUT2D eigenvalue weighted by Crippen LogP contribution is -2.09. The molecule has 0 bridgehead atoms. The fourth-order valence-electron chi connectivity index (χ4n) is 2.88. The maximum atomic E-state index is 10.8. The van der Waals surface area contributed by atoms with Gasteiger partial charge in [0.1, 0.15) is 0 Å². The molecule has 1 heterocycles. The van der Waals surface area contributed by atoms with Gasteiger partial charge in [-0.2, -0.15) is 0 Å². The number of anilines is 1.